The first-order chi connectivity index (χ1) is 8.29. The second-order valence-electron chi connectivity index (χ2n) is 4.49. The molecule has 0 spiro atoms. The minimum Gasteiger partial charge on any atom is -0.383 e. The van der Waals surface area contributed by atoms with Gasteiger partial charge in [-0.1, -0.05) is 6.92 Å². The minimum absolute atomic E-state index is 0.664. The molecule has 17 heavy (non-hydrogen) atoms. The number of anilines is 2. The van der Waals surface area contributed by atoms with E-state index >= 15 is 0 Å². The maximum Gasteiger partial charge on any atom is 0.162 e. The zero-order valence-corrected chi connectivity index (χ0v) is 10.1. The van der Waals surface area contributed by atoms with Crippen LogP contribution in [-0.4, -0.2) is 27.7 Å². The van der Waals surface area contributed by atoms with Gasteiger partial charge in [-0.2, -0.15) is 9.61 Å². The lowest BCUT2D eigenvalue weighted by Crippen LogP contribution is -2.20. The normalized spacial score (nSPS) is 15.9. The molecule has 1 fully saturated rings. The number of nitrogens with two attached hydrogens (primary N) is 1. The van der Waals surface area contributed by atoms with Crippen molar-refractivity contribution >= 4 is 17.3 Å². The van der Waals surface area contributed by atoms with E-state index in [2.05, 4.69) is 16.9 Å². The van der Waals surface area contributed by atoms with Crippen LogP contribution in [0.5, 0.6) is 0 Å². The molecule has 1 saturated heterocycles. The Morgan fingerprint density at radius 3 is 2.82 bits per heavy atom. The van der Waals surface area contributed by atoms with E-state index in [-0.39, 0.29) is 0 Å². The van der Waals surface area contributed by atoms with Gasteiger partial charge in [-0.3, -0.25) is 0 Å². The van der Waals surface area contributed by atoms with Gasteiger partial charge in [-0.15, -0.1) is 0 Å². The Morgan fingerprint density at radius 2 is 2.12 bits per heavy atom. The Morgan fingerprint density at radius 1 is 1.35 bits per heavy atom. The fraction of sp³-hybridized carbons (Fsp3) is 0.500. The van der Waals surface area contributed by atoms with Gasteiger partial charge in [0.1, 0.15) is 11.6 Å². The molecule has 2 N–H and O–H groups in total. The molecule has 1 aliphatic rings. The quantitative estimate of drug-likeness (QED) is 0.850. The molecule has 0 unspecified atom stereocenters. The monoisotopic (exact) mass is 231 g/mol. The molecule has 3 rings (SSSR count). The van der Waals surface area contributed by atoms with Gasteiger partial charge in [0, 0.05) is 24.7 Å². The highest BCUT2D eigenvalue weighted by atomic mass is 15.3. The molecule has 0 aliphatic carbocycles. The average Bonchev–Trinajstić information content (AvgIpc) is 2.97. The predicted octanol–water partition coefficient (Wildman–Crippen LogP) is 1.47. The lowest BCUT2D eigenvalue weighted by molar-refractivity contribution is 0.905. The number of aromatic nitrogens is 3. The fourth-order valence-electron chi connectivity index (χ4n) is 2.38. The number of nitrogens with zero attached hydrogens (tertiary/aromatic N) is 4. The molecule has 90 valence electrons. The van der Waals surface area contributed by atoms with Gasteiger partial charge in [0.05, 0.1) is 6.20 Å². The maximum atomic E-state index is 6.03. The van der Waals surface area contributed by atoms with Crippen molar-refractivity contribution in [3.8, 4) is 0 Å². The first-order valence-corrected chi connectivity index (χ1v) is 6.17. The van der Waals surface area contributed by atoms with E-state index in [9.17, 15) is 0 Å². The number of rotatable bonds is 2. The van der Waals surface area contributed by atoms with Crippen molar-refractivity contribution < 1.29 is 0 Å². The number of fused-ring (bicyclic) bond motifs is 1. The maximum absolute atomic E-state index is 6.03. The molecule has 5 nitrogen and oxygen atoms in total. The molecule has 3 heterocycles. The van der Waals surface area contributed by atoms with Crippen LogP contribution < -0.4 is 10.6 Å². The molecular weight excluding hydrogens is 214 g/mol. The van der Waals surface area contributed by atoms with E-state index in [4.69, 9.17) is 10.7 Å². The smallest absolute Gasteiger partial charge is 0.162 e. The summed E-state index contributed by atoms with van der Waals surface area (Å²) < 4.78 is 1.72. The molecule has 0 atom stereocenters. The highest BCUT2D eigenvalue weighted by molar-refractivity contribution is 5.59. The van der Waals surface area contributed by atoms with Gasteiger partial charge in [-0.25, -0.2) is 4.98 Å². The zero-order chi connectivity index (χ0) is 11.8. The summed E-state index contributed by atoms with van der Waals surface area (Å²) in [4.78, 5) is 6.99. The molecule has 0 amide bonds. The third-order valence-corrected chi connectivity index (χ3v) is 3.37. The summed E-state index contributed by atoms with van der Waals surface area (Å²) in [6.45, 7) is 4.27. The highest BCUT2D eigenvalue weighted by Crippen LogP contribution is 2.22. The van der Waals surface area contributed by atoms with Crippen molar-refractivity contribution in [3.63, 3.8) is 0 Å². The summed E-state index contributed by atoms with van der Waals surface area (Å²) in [6.07, 6.45) is 5.27. The van der Waals surface area contributed by atoms with Gasteiger partial charge in [0.25, 0.3) is 0 Å². The molecule has 2 aromatic heterocycles. The van der Waals surface area contributed by atoms with Crippen molar-refractivity contribution in [2.24, 2.45) is 0 Å². The summed E-state index contributed by atoms with van der Waals surface area (Å²) in [6, 6.07) is 1.92. The minimum atomic E-state index is 0.664. The van der Waals surface area contributed by atoms with Crippen molar-refractivity contribution in [3.05, 3.63) is 17.8 Å². The standard InChI is InChI=1S/C12H17N5/c1-2-9-8-14-17-10(13)7-11(15-12(9)17)16-5-3-4-6-16/h7-8H,2-6,13H2,1H3. The van der Waals surface area contributed by atoms with E-state index in [1.165, 1.54) is 12.8 Å². The van der Waals surface area contributed by atoms with E-state index in [0.29, 0.717) is 5.82 Å². The third kappa shape index (κ3) is 1.62. The van der Waals surface area contributed by atoms with Crippen LogP contribution in [0.15, 0.2) is 12.3 Å². The van der Waals surface area contributed by atoms with E-state index in [1.54, 1.807) is 4.52 Å². The van der Waals surface area contributed by atoms with Crippen LogP contribution in [0.2, 0.25) is 0 Å². The molecule has 1 aliphatic heterocycles. The summed E-state index contributed by atoms with van der Waals surface area (Å²) in [5, 5.41) is 4.27. The number of nitrogen functional groups attached to an aromatic ring is 1. The number of aryl methyl sites for hydroxylation is 1. The fourth-order valence-corrected chi connectivity index (χ4v) is 2.38. The van der Waals surface area contributed by atoms with Gasteiger partial charge >= 0.3 is 0 Å². The third-order valence-electron chi connectivity index (χ3n) is 3.37. The Bertz CT molecular complexity index is 539. The van der Waals surface area contributed by atoms with Crippen molar-refractivity contribution in [1.29, 1.82) is 0 Å². The van der Waals surface area contributed by atoms with Crippen molar-refractivity contribution in [1.82, 2.24) is 14.6 Å². The molecule has 0 aromatic carbocycles. The second-order valence-corrected chi connectivity index (χ2v) is 4.49. The lowest BCUT2D eigenvalue weighted by Gasteiger charge is -2.17. The molecule has 0 saturated carbocycles. The van der Waals surface area contributed by atoms with Gasteiger partial charge in [0.2, 0.25) is 0 Å². The Labute approximate surface area is 100 Å². The largest absolute Gasteiger partial charge is 0.383 e. The van der Waals surface area contributed by atoms with Gasteiger partial charge in [0.15, 0.2) is 5.65 Å². The van der Waals surface area contributed by atoms with Gasteiger partial charge in [-0.05, 0) is 19.3 Å². The first-order valence-electron chi connectivity index (χ1n) is 6.17. The van der Waals surface area contributed by atoms with Crippen LogP contribution in [-0.2, 0) is 6.42 Å². The lowest BCUT2D eigenvalue weighted by atomic mass is 10.3. The van der Waals surface area contributed by atoms with E-state index in [0.717, 1.165) is 36.5 Å². The van der Waals surface area contributed by atoms with Crippen LogP contribution in [0.3, 0.4) is 0 Å². The summed E-state index contributed by atoms with van der Waals surface area (Å²) >= 11 is 0. The second kappa shape index (κ2) is 3.91. The highest BCUT2D eigenvalue weighted by Gasteiger charge is 2.16. The SMILES string of the molecule is CCc1cnn2c(N)cc(N3CCCC3)nc12. The first kappa shape index (κ1) is 10.4. The number of hydrogen-bond donors (Lipinski definition) is 1. The van der Waals surface area contributed by atoms with Crippen LogP contribution in [0, 0.1) is 0 Å². The van der Waals surface area contributed by atoms with Gasteiger partial charge < -0.3 is 10.6 Å². The Kier molecular flexibility index (Phi) is 2.39. The van der Waals surface area contributed by atoms with Crippen LogP contribution in [0.25, 0.3) is 5.65 Å². The summed E-state index contributed by atoms with van der Waals surface area (Å²) in [7, 11) is 0. The van der Waals surface area contributed by atoms with Crippen molar-refractivity contribution in [2.75, 3.05) is 23.7 Å². The Balaban J connectivity index is 2.13. The van der Waals surface area contributed by atoms with Crippen LogP contribution >= 0.6 is 0 Å². The topological polar surface area (TPSA) is 59.5 Å². The van der Waals surface area contributed by atoms with Crippen LogP contribution in [0.1, 0.15) is 25.3 Å². The molecule has 0 radical (unpaired) electrons. The van der Waals surface area contributed by atoms with E-state index in [1.807, 2.05) is 12.3 Å². The number of hydrogen-bond acceptors (Lipinski definition) is 4. The Hall–Kier alpha value is -1.78. The van der Waals surface area contributed by atoms with Crippen molar-refractivity contribution in [2.45, 2.75) is 26.2 Å². The average molecular weight is 231 g/mol. The predicted molar refractivity (Wildman–Crippen MR) is 68.2 cm³/mol. The molecule has 0 bridgehead atoms. The molecule has 2 aromatic rings. The summed E-state index contributed by atoms with van der Waals surface area (Å²) in [5.74, 6) is 1.65. The van der Waals surface area contributed by atoms with E-state index < -0.39 is 0 Å². The zero-order valence-electron chi connectivity index (χ0n) is 10.1. The summed E-state index contributed by atoms with van der Waals surface area (Å²) in [5.41, 5.74) is 8.07. The molecular formula is C12H17N5. The molecule has 5 heteroatoms. The van der Waals surface area contributed by atoms with Crippen LogP contribution in [0.4, 0.5) is 11.6 Å².